The van der Waals surface area contributed by atoms with Crippen molar-refractivity contribution >= 4 is 23.3 Å². The molecule has 0 saturated carbocycles. The Kier molecular flexibility index (Phi) is 5.24. The maximum atomic E-state index is 12.1. The maximum absolute atomic E-state index is 12.1. The zero-order chi connectivity index (χ0) is 19.3. The van der Waals surface area contributed by atoms with Crippen LogP contribution in [0, 0.1) is 0 Å². The van der Waals surface area contributed by atoms with Crippen molar-refractivity contribution in [2.45, 2.75) is 11.7 Å². The number of amides is 1. The number of methoxy groups -OCH3 is 1. The summed E-state index contributed by atoms with van der Waals surface area (Å²) in [6.07, 6.45) is 1.57. The van der Waals surface area contributed by atoms with E-state index in [1.165, 1.54) is 11.8 Å². The molecule has 8 nitrogen and oxygen atoms in total. The van der Waals surface area contributed by atoms with E-state index in [0.29, 0.717) is 23.1 Å². The van der Waals surface area contributed by atoms with Gasteiger partial charge in [0.25, 0.3) is 0 Å². The van der Waals surface area contributed by atoms with Crippen molar-refractivity contribution in [1.82, 2.24) is 25.1 Å². The molecule has 0 atom stereocenters. The summed E-state index contributed by atoms with van der Waals surface area (Å²) in [5.41, 5.74) is 2.29. The Balaban J connectivity index is 1.47. The van der Waals surface area contributed by atoms with Gasteiger partial charge in [0, 0.05) is 5.56 Å². The molecule has 0 aliphatic carbocycles. The van der Waals surface area contributed by atoms with E-state index in [1.807, 2.05) is 42.5 Å². The van der Waals surface area contributed by atoms with Crippen LogP contribution in [0.3, 0.4) is 0 Å². The van der Waals surface area contributed by atoms with Gasteiger partial charge in [-0.3, -0.25) is 4.79 Å². The number of rotatable bonds is 7. The van der Waals surface area contributed by atoms with E-state index in [2.05, 4.69) is 20.6 Å². The molecule has 4 rings (SSSR count). The zero-order valence-electron chi connectivity index (χ0n) is 15.0. The number of hydrogen-bond acceptors (Lipinski definition) is 7. The minimum absolute atomic E-state index is 0.123. The van der Waals surface area contributed by atoms with Crippen LogP contribution >= 0.6 is 11.8 Å². The Hall–Kier alpha value is -3.33. The predicted octanol–water partition coefficient (Wildman–Crippen LogP) is 2.80. The number of benzene rings is 1. The van der Waals surface area contributed by atoms with Crippen molar-refractivity contribution in [3.63, 3.8) is 0 Å². The van der Waals surface area contributed by atoms with Crippen molar-refractivity contribution in [2.75, 3.05) is 12.9 Å². The number of furan rings is 1. The van der Waals surface area contributed by atoms with Crippen LogP contribution in [0.4, 0.5) is 0 Å². The molecule has 1 N–H and O–H groups in total. The van der Waals surface area contributed by atoms with Gasteiger partial charge in [0.2, 0.25) is 11.1 Å². The second-order valence-electron chi connectivity index (χ2n) is 5.85. The molecule has 0 bridgehead atoms. The molecule has 3 heterocycles. The molecule has 0 fully saturated rings. The SMILES string of the molecule is COc1cccc(-c2ccc3nnc(SCC(=O)NCc4ccco4)n3n2)c1. The molecule has 142 valence electrons. The standard InChI is InChI=1S/C19H17N5O3S/c1-26-14-5-2-4-13(10-14)16-7-8-17-21-22-19(24(17)23-16)28-12-18(25)20-11-15-6-3-9-27-15/h2-10H,11-12H2,1H3,(H,20,25). The lowest BCUT2D eigenvalue weighted by molar-refractivity contribution is -0.118. The van der Waals surface area contributed by atoms with Crippen LogP contribution in [0.25, 0.3) is 16.9 Å². The molecule has 0 saturated heterocycles. The third-order valence-corrected chi connectivity index (χ3v) is 4.89. The minimum Gasteiger partial charge on any atom is -0.497 e. The molecular weight excluding hydrogens is 378 g/mol. The topological polar surface area (TPSA) is 94.5 Å². The van der Waals surface area contributed by atoms with Crippen LogP contribution in [0.2, 0.25) is 0 Å². The highest BCUT2D eigenvalue weighted by Crippen LogP contribution is 2.23. The first-order valence-corrected chi connectivity index (χ1v) is 9.50. The summed E-state index contributed by atoms with van der Waals surface area (Å²) in [4.78, 5) is 12.1. The summed E-state index contributed by atoms with van der Waals surface area (Å²) in [5, 5.41) is 16.2. The molecule has 1 aromatic carbocycles. The number of thioether (sulfide) groups is 1. The third kappa shape index (κ3) is 3.99. The van der Waals surface area contributed by atoms with Crippen LogP contribution in [0.15, 0.2) is 64.4 Å². The van der Waals surface area contributed by atoms with Crippen LogP contribution in [-0.4, -0.2) is 38.6 Å². The number of carbonyl (C=O) groups is 1. The van der Waals surface area contributed by atoms with Gasteiger partial charge >= 0.3 is 0 Å². The van der Waals surface area contributed by atoms with E-state index in [1.54, 1.807) is 24.0 Å². The van der Waals surface area contributed by atoms with E-state index < -0.39 is 0 Å². The van der Waals surface area contributed by atoms with Crippen LogP contribution < -0.4 is 10.1 Å². The highest BCUT2D eigenvalue weighted by Gasteiger charge is 2.12. The molecule has 4 aromatic rings. The predicted molar refractivity (Wildman–Crippen MR) is 104 cm³/mol. The van der Waals surface area contributed by atoms with E-state index in [9.17, 15) is 4.79 Å². The van der Waals surface area contributed by atoms with E-state index in [-0.39, 0.29) is 11.7 Å². The van der Waals surface area contributed by atoms with Crippen LogP contribution in [0.1, 0.15) is 5.76 Å². The van der Waals surface area contributed by atoms with Crippen molar-refractivity contribution in [1.29, 1.82) is 0 Å². The first kappa shape index (κ1) is 18.1. The number of hydrogen-bond donors (Lipinski definition) is 1. The van der Waals surface area contributed by atoms with Crippen molar-refractivity contribution in [3.8, 4) is 17.0 Å². The Morgan fingerprint density at radius 1 is 1.21 bits per heavy atom. The van der Waals surface area contributed by atoms with Crippen LogP contribution in [-0.2, 0) is 11.3 Å². The molecule has 0 spiro atoms. The Morgan fingerprint density at radius 3 is 2.96 bits per heavy atom. The van der Waals surface area contributed by atoms with Gasteiger partial charge in [0.05, 0.1) is 31.4 Å². The summed E-state index contributed by atoms with van der Waals surface area (Å²) in [6, 6.07) is 15.0. The smallest absolute Gasteiger partial charge is 0.230 e. The summed E-state index contributed by atoms with van der Waals surface area (Å²) >= 11 is 1.27. The Bertz CT molecular complexity index is 1090. The maximum Gasteiger partial charge on any atom is 0.230 e. The number of aromatic nitrogens is 4. The summed E-state index contributed by atoms with van der Waals surface area (Å²) in [5.74, 6) is 1.54. The molecule has 3 aromatic heterocycles. The minimum atomic E-state index is -0.123. The third-order valence-electron chi connectivity index (χ3n) is 3.97. The molecule has 28 heavy (non-hydrogen) atoms. The van der Waals surface area contributed by atoms with Gasteiger partial charge < -0.3 is 14.5 Å². The molecular formula is C19H17N5O3S. The highest BCUT2D eigenvalue weighted by atomic mass is 32.2. The first-order chi connectivity index (χ1) is 13.7. The van der Waals surface area contributed by atoms with Gasteiger partial charge in [-0.05, 0) is 36.4 Å². The lowest BCUT2D eigenvalue weighted by Gasteiger charge is -2.05. The zero-order valence-corrected chi connectivity index (χ0v) is 15.8. The largest absolute Gasteiger partial charge is 0.497 e. The number of carbonyl (C=O) groups excluding carboxylic acids is 1. The van der Waals surface area contributed by atoms with Crippen molar-refractivity contribution < 1.29 is 13.9 Å². The Morgan fingerprint density at radius 2 is 2.14 bits per heavy atom. The van der Waals surface area contributed by atoms with Crippen molar-refractivity contribution in [3.05, 3.63) is 60.6 Å². The molecule has 0 aliphatic rings. The van der Waals surface area contributed by atoms with E-state index in [4.69, 9.17) is 9.15 Å². The number of nitrogens with one attached hydrogen (secondary N) is 1. The fraction of sp³-hybridized carbons (Fsp3) is 0.158. The van der Waals surface area contributed by atoms with E-state index in [0.717, 1.165) is 17.0 Å². The number of fused-ring (bicyclic) bond motifs is 1. The van der Waals surface area contributed by atoms with Crippen molar-refractivity contribution in [2.24, 2.45) is 0 Å². The monoisotopic (exact) mass is 395 g/mol. The van der Waals surface area contributed by atoms with Gasteiger partial charge in [-0.15, -0.1) is 10.2 Å². The average Bonchev–Trinajstić information content (AvgIpc) is 3.40. The molecule has 9 heteroatoms. The van der Waals surface area contributed by atoms with Gasteiger partial charge in [-0.1, -0.05) is 23.9 Å². The van der Waals surface area contributed by atoms with E-state index >= 15 is 0 Å². The van der Waals surface area contributed by atoms with Gasteiger partial charge in [-0.25, -0.2) is 0 Å². The summed E-state index contributed by atoms with van der Waals surface area (Å²) in [6.45, 7) is 0.352. The molecule has 1 amide bonds. The number of ether oxygens (including phenoxy) is 1. The molecule has 0 aliphatic heterocycles. The fourth-order valence-electron chi connectivity index (χ4n) is 2.58. The molecule has 0 unspecified atom stereocenters. The second kappa shape index (κ2) is 8.13. The average molecular weight is 395 g/mol. The Labute approximate surface area is 164 Å². The normalized spacial score (nSPS) is 10.9. The summed E-state index contributed by atoms with van der Waals surface area (Å²) in [7, 11) is 1.63. The summed E-state index contributed by atoms with van der Waals surface area (Å²) < 4.78 is 12.1. The van der Waals surface area contributed by atoms with Gasteiger partial charge in [-0.2, -0.15) is 9.61 Å². The lowest BCUT2D eigenvalue weighted by atomic mass is 10.1. The quantitative estimate of drug-likeness (QED) is 0.481. The first-order valence-electron chi connectivity index (χ1n) is 8.52. The van der Waals surface area contributed by atoms with Gasteiger partial charge in [0.15, 0.2) is 5.65 Å². The highest BCUT2D eigenvalue weighted by molar-refractivity contribution is 7.99. The molecule has 0 radical (unpaired) electrons. The lowest BCUT2D eigenvalue weighted by Crippen LogP contribution is -2.24. The van der Waals surface area contributed by atoms with Crippen LogP contribution in [0.5, 0.6) is 5.75 Å². The number of nitrogens with zero attached hydrogens (tertiary/aromatic N) is 4. The van der Waals surface area contributed by atoms with Gasteiger partial charge in [0.1, 0.15) is 11.5 Å². The fourth-order valence-corrected chi connectivity index (χ4v) is 3.29. The second-order valence-corrected chi connectivity index (χ2v) is 6.79.